The number of hydrogen-bond donors (Lipinski definition) is 0. The maximum Gasteiger partial charge on any atom is 0.137 e. The summed E-state index contributed by atoms with van der Waals surface area (Å²) >= 11 is 0. The first-order valence-corrected chi connectivity index (χ1v) is 17.8. The molecule has 0 bridgehead atoms. The number of fused-ring (bicyclic) bond motifs is 5. The molecule has 52 heavy (non-hydrogen) atoms. The Kier molecular flexibility index (Phi) is 7.18. The number of nitrogens with zero attached hydrogens (tertiary/aromatic N) is 1. The SMILES string of the molecule is c1ccc(-c2ccc(-c3cccc4ccccc34)cc2N(c2ccc(-c3cccc4ccccc34)cc2)c2ccc3c(c2)oc2ccccc23)cc1. The molecule has 0 amide bonds. The third kappa shape index (κ3) is 5.12. The van der Waals surface area contributed by atoms with Crippen LogP contribution in [-0.4, -0.2) is 0 Å². The Morgan fingerprint density at radius 3 is 1.58 bits per heavy atom. The predicted molar refractivity (Wildman–Crippen MR) is 220 cm³/mol. The minimum atomic E-state index is 0.863. The molecule has 0 aliphatic rings. The van der Waals surface area contributed by atoms with Crippen LogP contribution in [0.4, 0.5) is 17.1 Å². The van der Waals surface area contributed by atoms with Gasteiger partial charge < -0.3 is 9.32 Å². The third-order valence-electron chi connectivity index (χ3n) is 10.3. The van der Waals surface area contributed by atoms with Crippen molar-refractivity contribution in [1.82, 2.24) is 0 Å². The number of furan rings is 1. The molecule has 0 spiro atoms. The number of para-hydroxylation sites is 1. The number of anilines is 3. The molecule has 0 saturated carbocycles. The second-order valence-electron chi connectivity index (χ2n) is 13.3. The Labute approximate surface area is 302 Å². The molecule has 0 radical (unpaired) electrons. The van der Waals surface area contributed by atoms with E-state index in [-0.39, 0.29) is 0 Å². The highest BCUT2D eigenvalue weighted by atomic mass is 16.3. The molecule has 0 saturated heterocycles. The molecule has 0 N–H and O–H groups in total. The van der Waals surface area contributed by atoms with Gasteiger partial charge in [0.1, 0.15) is 11.2 Å². The molecule has 0 fully saturated rings. The van der Waals surface area contributed by atoms with E-state index in [0.29, 0.717) is 0 Å². The highest BCUT2D eigenvalue weighted by Crippen LogP contribution is 2.45. The van der Waals surface area contributed by atoms with Crippen LogP contribution in [0.5, 0.6) is 0 Å². The van der Waals surface area contributed by atoms with E-state index in [4.69, 9.17) is 4.42 Å². The van der Waals surface area contributed by atoms with E-state index in [1.165, 1.54) is 38.2 Å². The van der Waals surface area contributed by atoms with Gasteiger partial charge in [0, 0.05) is 33.8 Å². The summed E-state index contributed by atoms with van der Waals surface area (Å²) in [6.45, 7) is 0. The van der Waals surface area contributed by atoms with Crippen LogP contribution < -0.4 is 4.90 Å². The molecular weight excluding hydrogens is 631 g/mol. The van der Waals surface area contributed by atoms with Gasteiger partial charge in [-0.15, -0.1) is 0 Å². The monoisotopic (exact) mass is 663 g/mol. The van der Waals surface area contributed by atoms with Gasteiger partial charge in [-0.1, -0.05) is 158 Å². The van der Waals surface area contributed by atoms with E-state index in [1.807, 2.05) is 12.1 Å². The standard InChI is InChI=1S/C50H33NO/c1-2-12-36(13-3-1)45-30-26-38(44-22-11-17-35-15-5-7-19-42(35)44)32-48(45)51(40-29-31-47-46-20-8-9-23-49(46)52-50(47)33-40)39-27-24-37(25-28-39)43-21-10-16-34-14-4-6-18-41(34)43/h1-33H. The van der Waals surface area contributed by atoms with E-state index in [2.05, 4.69) is 193 Å². The van der Waals surface area contributed by atoms with Crippen molar-refractivity contribution in [2.45, 2.75) is 0 Å². The minimum absolute atomic E-state index is 0.863. The second kappa shape index (κ2) is 12.5. The van der Waals surface area contributed by atoms with Crippen molar-refractivity contribution in [2.75, 3.05) is 4.90 Å². The van der Waals surface area contributed by atoms with E-state index >= 15 is 0 Å². The van der Waals surface area contributed by atoms with Gasteiger partial charge in [0.05, 0.1) is 5.69 Å². The molecule has 244 valence electrons. The molecule has 1 aromatic heterocycles. The molecule has 9 aromatic carbocycles. The van der Waals surface area contributed by atoms with E-state index in [0.717, 1.165) is 55.7 Å². The summed E-state index contributed by atoms with van der Waals surface area (Å²) in [5.41, 5.74) is 12.0. The van der Waals surface area contributed by atoms with Crippen molar-refractivity contribution < 1.29 is 4.42 Å². The van der Waals surface area contributed by atoms with Gasteiger partial charge in [-0.3, -0.25) is 0 Å². The van der Waals surface area contributed by atoms with Gasteiger partial charge in [0.25, 0.3) is 0 Å². The summed E-state index contributed by atoms with van der Waals surface area (Å²) < 4.78 is 6.46. The lowest BCUT2D eigenvalue weighted by Gasteiger charge is -2.29. The molecule has 0 atom stereocenters. The summed E-state index contributed by atoms with van der Waals surface area (Å²) in [5.74, 6) is 0. The van der Waals surface area contributed by atoms with Crippen molar-refractivity contribution in [3.63, 3.8) is 0 Å². The van der Waals surface area contributed by atoms with Crippen molar-refractivity contribution in [3.05, 3.63) is 200 Å². The lowest BCUT2D eigenvalue weighted by Crippen LogP contribution is -2.11. The van der Waals surface area contributed by atoms with Crippen LogP contribution >= 0.6 is 0 Å². The van der Waals surface area contributed by atoms with Crippen molar-refractivity contribution in [2.24, 2.45) is 0 Å². The van der Waals surface area contributed by atoms with Crippen LogP contribution in [0.3, 0.4) is 0 Å². The Balaban J connectivity index is 1.21. The normalized spacial score (nSPS) is 11.5. The highest BCUT2D eigenvalue weighted by Gasteiger charge is 2.21. The zero-order valence-electron chi connectivity index (χ0n) is 28.4. The van der Waals surface area contributed by atoms with Gasteiger partial charge in [0.15, 0.2) is 0 Å². The molecule has 1 heterocycles. The molecule has 0 aliphatic carbocycles. The van der Waals surface area contributed by atoms with Gasteiger partial charge in [0.2, 0.25) is 0 Å². The Hall–Kier alpha value is -6.90. The first-order valence-electron chi connectivity index (χ1n) is 17.8. The van der Waals surface area contributed by atoms with Crippen molar-refractivity contribution in [1.29, 1.82) is 0 Å². The zero-order chi connectivity index (χ0) is 34.4. The molecule has 10 aromatic rings. The van der Waals surface area contributed by atoms with Gasteiger partial charge >= 0.3 is 0 Å². The van der Waals surface area contributed by atoms with Crippen LogP contribution in [0.1, 0.15) is 0 Å². The molecule has 2 nitrogen and oxygen atoms in total. The van der Waals surface area contributed by atoms with Crippen molar-refractivity contribution >= 4 is 60.5 Å². The Morgan fingerprint density at radius 1 is 0.308 bits per heavy atom. The lowest BCUT2D eigenvalue weighted by atomic mass is 9.94. The number of benzene rings is 9. The maximum absolute atomic E-state index is 6.46. The molecule has 10 rings (SSSR count). The number of rotatable bonds is 6. The Morgan fingerprint density at radius 2 is 0.846 bits per heavy atom. The van der Waals surface area contributed by atoms with Gasteiger partial charge in [-0.25, -0.2) is 0 Å². The molecular formula is C50H33NO. The topological polar surface area (TPSA) is 16.4 Å². The van der Waals surface area contributed by atoms with Crippen molar-refractivity contribution in [3.8, 4) is 33.4 Å². The third-order valence-corrected chi connectivity index (χ3v) is 10.3. The van der Waals surface area contributed by atoms with Crippen LogP contribution in [0.2, 0.25) is 0 Å². The van der Waals surface area contributed by atoms with Gasteiger partial charge in [-0.05, 0) is 85.8 Å². The summed E-state index contributed by atoms with van der Waals surface area (Å²) in [6.07, 6.45) is 0. The van der Waals surface area contributed by atoms with Crippen LogP contribution in [0.25, 0.3) is 76.9 Å². The first kappa shape index (κ1) is 30.0. The molecule has 0 unspecified atom stereocenters. The smallest absolute Gasteiger partial charge is 0.137 e. The summed E-state index contributed by atoms with van der Waals surface area (Å²) in [5, 5.41) is 7.18. The zero-order valence-corrected chi connectivity index (χ0v) is 28.4. The molecule has 0 aliphatic heterocycles. The minimum Gasteiger partial charge on any atom is -0.456 e. The predicted octanol–water partition coefficient (Wildman–Crippen LogP) is 14.4. The van der Waals surface area contributed by atoms with E-state index < -0.39 is 0 Å². The second-order valence-corrected chi connectivity index (χ2v) is 13.3. The first-order chi connectivity index (χ1) is 25.8. The number of hydrogen-bond acceptors (Lipinski definition) is 2. The average molecular weight is 664 g/mol. The fourth-order valence-electron chi connectivity index (χ4n) is 7.77. The largest absolute Gasteiger partial charge is 0.456 e. The summed E-state index contributed by atoms with van der Waals surface area (Å²) in [6, 6.07) is 71.8. The fourth-order valence-corrected chi connectivity index (χ4v) is 7.77. The maximum atomic E-state index is 6.46. The van der Waals surface area contributed by atoms with Crippen LogP contribution in [-0.2, 0) is 0 Å². The summed E-state index contributed by atoms with van der Waals surface area (Å²) in [4.78, 5) is 2.39. The van der Waals surface area contributed by atoms with E-state index in [1.54, 1.807) is 0 Å². The Bertz CT molecular complexity index is 2890. The van der Waals surface area contributed by atoms with Crippen LogP contribution in [0, 0.1) is 0 Å². The van der Waals surface area contributed by atoms with Gasteiger partial charge in [-0.2, -0.15) is 0 Å². The van der Waals surface area contributed by atoms with E-state index in [9.17, 15) is 0 Å². The summed E-state index contributed by atoms with van der Waals surface area (Å²) in [7, 11) is 0. The average Bonchev–Trinajstić information content (AvgIpc) is 3.59. The fraction of sp³-hybridized carbons (Fsp3) is 0. The highest BCUT2D eigenvalue weighted by molar-refractivity contribution is 6.07. The van der Waals surface area contributed by atoms with Crippen LogP contribution in [0.15, 0.2) is 205 Å². The lowest BCUT2D eigenvalue weighted by molar-refractivity contribution is 0.669. The quantitative estimate of drug-likeness (QED) is 0.176. The molecule has 2 heteroatoms.